The van der Waals surface area contributed by atoms with Gasteiger partial charge in [0.05, 0.1) is 24.3 Å². The van der Waals surface area contributed by atoms with E-state index in [9.17, 15) is 13.6 Å². The number of nitrogens with zero attached hydrogens (tertiary/aromatic N) is 5. The molecule has 0 bridgehead atoms. The maximum absolute atomic E-state index is 13.4. The molecule has 3 saturated heterocycles. The molecule has 0 unspecified atom stereocenters. The fourth-order valence-electron chi connectivity index (χ4n) is 6.28. The average Bonchev–Trinajstić information content (AvgIpc) is 3.01. The Morgan fingerprint density at radius 3 is 2.34 bits per heavy atom. The van der Waals surface area contributed by atoms with Gasteiger partial charge in [-0.1, -0.05) is 12.1 Å². The Balaban J connectivity index is 1.14. The fourth-order valence-corrected chi connectivity index (χ4v) is 6.28. The number of halogens is 2. The highest BCUT2D eigenvalue weighted by Crippen LogP contribution is 2.42. The number of nitrogens with one attached hydrogen (secondary N) is 3. The zero-order chi connectivity index (χ0) is 30.7. The van der Waals surface area contributed by atoms with E-state index in [-0.39, 0.29) is 19.0 Å². The number of aromatic nitrogens is 2. The minimum absolute atomic E-state index is 0.302. The summed E-state index contributed by atoms with van der Waals surface area (Å²) in [5, 5.41) is 9.32. The van der Waals surface area contributed by atoms with Crippen molar-refractivity contribution in [1.29, 1.82) is 0 Å². The molecule has 3 fully saturated rings. The maximum atomic E-state index is 13.4. The van der Waals surface area contributed by atoms with Gasteiger partial charge in [-0.05, 0) is 87.6 Å². The van der Waals surface area contributed by atoms with E-state index in [0.717, 1.165) is 18.8 Å². The first-order valence-corrected chi connectivity index (χ1v) is 15.3. The number of pyridine rings is 2. The molecule has 3 N–H and O–H groups in total. The predicted octanol–water partition coefficient (Wildman–Crippen LogP) is 5.65. The number of hydrogen-bond acceptors (Lipinski definition) is 8. The first kappa shape index (κ1) is 29.8. The molecule has 5 heterocycles. The van der Waals surface area contributed by atoms with Gasteiger partial charge in [0.1, 0.15) is 17.5 Å². The van der Waals surface area contributed by atoms with Crippen LogP contribution in [0.15, 0.2) is 67.4 Å². The summed E-state index contributed by atoms with van der Waals surface area (Å²) in [7, 11) is 2.22. The van der Waals surface area contributed by atoms with Gasteiger partial charge in [-0.3, -0.25) is 4.79 Å². The molecule has 1 amide bonds. The predicted molar refractivity (Wildman–Crippen MR) is 172 cm³/mol. The SMILES string of the molecule is C=CCNC(=O)c1cnc(Nc2ccc(N3CCC4(CCN(C)CC4)CC3)cc2)cc1Nc1cccc(N2CC(F)(F)C2)n1. The molecular weight excluding hydrogens is 562 g/mol. The lowest BCUT2D eigenvalue weighted by atomic mass is 9.71. The highest BCUT2D eigenvalue weighted by Gasteiger charge is 2.44. The van der Waals surface area contributed by atoms with Gasteiger partial charge >= 0.3 is 0 Å². The fraction of sp³-hybridized carbons (Fsp3) is 0.424. The lowest BCUT2D eigenvalue weighted by Crippen LogP contribution is -2.56. The molecule has 0 saturated carbocycles. The maximum Gasteiger partial charge on any atom is 0.282 e. The number of anilines is 6. The standard InChI is InChI=1S/C33H40F2N8O/c1-3-15-36-31(44)26-21-37-29(20-27(26)39-28-5-4-6-30(40-28)43-22-33(34,35)23-43)38-24-7-9-25(10-8-24)42-18-13-32(14-19-42)11-16-41(2)17-12-32/h3-10,20-21H,1,11-19,22-23H2,2H3,(H,36,44)(H2,37,38,39,40). The molecule has 1 aromatic carbocycles. The number of alkyl halides is 2. The lowest BCUT2D eigenvalue weighted by Gasteiger charge is -2.46. The Morgan fingerprint density at radius 2 is 1.66 bits per heavy atom. The quantitative estimate of drug-likeness (QED) is 0.271. The van der Waals surface area contributed by atoms with Crippen LogP contribution in [0, 0.1) is 5.41 Å². The van der Waals surface area contributed by atoms with Crippen molar-refractivity contribution in [3.8, 4) is 0 Å². The summed E-state index contributed by atoms with van der Waals surface area (Å²) in [6.07, 6.45) is 8.20. The van der Waals surface area contributed by atoms with Crippen LogP contribution in [0.25, 0.3) is 0 Å². The van der Waals surface area contributed by atoms with Gasteiger partial charge in [-0.25, -0.2) is 18.7 Å². The number of likely N-dealkylation sites (tertiary alicyclic amines) is 1. The Bertz CT molecular complexity index is 1470. The van der Waals surface area contributed by atoms with E-state index in [2.05, 4.69) is 61.5 Å². The number of carbonyl (C=O) groups excluding carboxylic acids is 1. The van der Waals surface area contributed by atoms with Crippen molar-refractivity contribution < 1.29 is 13.6 Å². The molecule has 11 heteroatoms. The lowest BCUT2D eigenvalue weighted by molar-refractivity contribution is -0.0266. The summed E-state index contributed by atoms with van der Waals surface area (Å²) < 4.78 is 26.9. The molecule has 3 aromatic rings. The molecule has 1 spiro atoms. The van der Waals surface area contributed by atoms with Gasteiger partial charge in [0, 0.05) is 43.3 Å². The van der Waals surface area contributed by atoms with Gasteiger partial charge in [0.25, 0.3) is 11.8 Å². The van der Waals surface area contributed by atoms with Crippen LogP contribution < -0.4 is 25.8 Å². The minimum atomic E-state index is -2.70. The summed E-state index contributed by atoms with van der Waals surface area (Å²) in [6, 6.07) is 15.3. The Kier molecular flexibility index (Phi) is 8.40. The Labute approximate surface area is 257 Å². The third-order valence-corrected chi connectivity index (χ3v) is 9.10. The van der Waals surface area contributed by atoms with Gasteiger partial charge < -0.3 is 30.7 Å². The first-order chi connectivity index (χ1) is 21.2. The molecule has 3 aliphatic rings. The van der Waals surface area contributed by atoms with Crippen molar-refractivity contribution in [1.82, 2.24) is 20.2 Å². The van der Waals surface area contributed by atoms with Gasteiger partial charge in [-0.15, -0.1) is 6.58 Å². The van der Waals surface area contributed by atoms with Gasteiger partial charge in [-0.2, -0.15) is 0 Å². The number of amides is 1. The van der Waals surface area contributed by atoms with Crippen molar-refractivity contribution in [3.05, 3.63) is 72.9 Å². The number of carbonyl (C=O) groups is 1. The number of rotatable bonds is 9. The molecule has 0 radical (unpaired) electrons. The highest BCUT2D eigenvalue weighted by atomic mass is 19.3. The van der Waals surface area contributed by atoms with Crippen LogP contribution in [-0.2, 0) is 0 Å². The Hall–Kier alpha value is -4.25. The topological polar surface area (TPSA) is 88.7 Å². The van der Waals surface area contributed by atoms with E-state index >= 15 is 0 Å². The molecule has 3 aliphatic heterocycles. The van der Waals surface area contributed by atoms with E-state index < -0.39 is 5.92 Å². The summed E-state index contributed by atoms with van der Waals surface area (Å²) in [6.45, 7) is 7.80. The molecule has 2 aromatic heterocycles. The molecular formula is C33H40F2N8O. The number of benzene rings is 1. The number of hydrogen-bond donors (Lipinski definition) is 3. The van der Waals surface area contributed by atoms with Crippen LogP contribution in [0.1, 0.15) is 36.0 Å². The van der Waals surface area contributed by atoms with Crippen LogP contribution in [0.5, 0.6) is 0 Å². The van der Waals surface area contributed by atoms with Crippen LogP contribution in [0.4, 0.5) is 43.3 Å². The molecule has 0 aliphatic carbocycles. The van der Waals surface area contributed by atoms with Crippen LogP contribution in [-0.4, -0.2) is 79.6 Å². The summed E-state index contributed by atoms with van der Waals surface area (Å²) >= 11 is 0. The molecule has 232 valence electrons. The van der Waals surface area contributed by atoms with Crippen molar-refractivity contribution in [2.75, 3.05) is 73.3 Å². The van der Waals surface area contributed by atoms with Crippen LogP contribution in [0.2, 0.25) is 0 Å². The van der Waals surface area contributed by atoms with E-state index in [1.54, 1.807) is 30.3 Å². The first-order valence-electron chi connectivity index (χ1n) is 15.3. The van der Waals surface area contributed by atoms with Gasteiger partial charge in [0.15, 0.2) is 0 Å². The second kappa shape index (κ2) is 12.4. The third-order valence-electron chi connectivity index (χ3n) is 9.10. The molecule has 9 nitrogen and oxygen atoms in total. The Morgan fingerprint density at radius 1 is 0.955 bits per heavy atom. The second-order valence-electron chi connectivity index (χ2n) is 12.3. The van der Waals surface area contributed by atoms with Crippen molar-refractivity contribution in [2.45, 2.75) is 31.6 Å². The van der Waals surface area contributed by atoms with E-state index in [1.807, 2.05) is 12.1 Å². The van der Waals surface area contributed by atoms with E-state index in [4.69, 9.17) is 0 Å². The monoisotopic (exact) mass is 602 g/mol. The second-order valence-corrected chi connectivity index (χ2v) is 12.3. The highest BCUT2D eigenvalue weighted by molar-refractivity contribution is 6.00. The number of piperidine rings is 2. The minimum Gasteiger partial charge on any atom is -0.371 e. The molecule has 44 heavy (non-hydrogen) atoms. The molecule has 0 atom stereocenters. The zero-order valence-corrected chi connectivity index (χ0v) is 25.2. The third kappa shape index (κ3) is 6.77. The summed E-state index contributed by atoms with van der Waals surface area (Å²) in [4.78, 5) is 28.3. The normalized spacial score (nSPS) is 19.2. The summed E-state index contributed by atoms with van der Waals surface area (Å²) in [5.41, 5.74) is 3.41. The van der Waals surface area contributed by atoms with Crippen LogP contribution in [0.3, 0.4) is 0 Å². The smallest absolute Gasteiger partial charge is 0.282 e. The molecule has 6 rings (SSSR count). The van der Waals surface area contributed by atoms with E-state index in [1.165, 1.54) is 55.6 Å². The zero-order valence-electron chi connectivity index (χ0n) is 25.2. The average molecular weight is 603 g/mol. The van der Waals surface area contributed by atoms with Crippen molar-refractivity contribution >= 4 is 40.4 Å². The summed E-state index contributed by atoms with van der Waals surface area (Å²) in [5.74, 6) is -1.60. The largest absolute Gasteiger partial charge is 0.371 e. The van der Waals surface area contributed by atoms with Crippen LogP contribution >= 0.6 is 0 Å². The van der Waals surface area contributed by atoms with E-state index in [0.29, 0.717) is 40.7 Å². The van der Waals surface area contributed by atoms with Crippen molar-refractivity contribution in [3.63, 3.8) is 0 Å². The van der Waals surface area contributed by atoms with Crippen molar-refractivity contribution in [2.24, 2.45) is 5.41 Å². The van der Waals surface area contributed by atoms with Gasteiger partial charge in [0.2, 0.25) is 0 Å².